The van der Waals surface area contributed by atoms with Crippen LogP contribution in [0.25, 0.3) is 0 Å². The van der Waals surface area contributed by atoms with Gasteiger partial charge in [0.05, 0.1) is 18.8 Å². The highest BCUT2D eigenvalue weighted by molar-refractivity contribution is 5.80. The third-order valence-electron chi connectivity index (χ3n) is 6.11. The molecule has 1 atom stereocenters. The lowest BCUT2D eigenvalue weighted by Gasteiger charge is -2.41. The van der Waals surface area contributed by atoms with E-state index in [0.29, 0.717) is 25.5 Å². The van der Waals surface area contributed by atoms with E-state index in [9.17, 15) is 4.79 Å². The van der Waals surface area contributed by atoms with Crippen molar-refractivity contribution in [3.63, 3.8) is 0 Å². The summed E-state index contributed by atoms with van der Waals surface area (Å²) in [5, 5.41) is 6.13. The van der Waals surface area contributed by atoms with Gasteiger partial charge in [-0.05, 0) is 42.9 Å². The molecule has 0 aliphatic carbocycles. The van der Waals surface area contributed by atoms with Gasteiger partial charge in [-0.2, -0.15) is 0 Å². The number of carbonyl (C=O) groups is 1. The first-order valence-electron chi connectivity index (χ1n) is 11.8. The van der Waals surface area contributed by atoms with Crippen molar-refractivity contribution in [2.45, 2.75) is 51.8 Å². The third-order valence-corrected chi connectivity index (χ3v) is 6.11. The van der Waals surface area contributed by atoms with Gasteiger partial charge in [0.2, 0.25) is 5.72 Å². The summed E-state index contributed by atoms with van der Waals surface area (Å²) in [6, 6.07) is 19.9. The van der Waals surface area contributed by atoms with Crippen LogP contribution < -0.4 is 5.06 Å². The van der Waals surface area contributed by atoms with Crippen LogP contribution in [0.5, 0.6) is 0 Å². The number of nitrogens with zero attached hydrogens (tertiary/aromatic N) is 3. The van der Waals surface area contributed by atoms with Gasteiger partial charge in [0.1, 0.15) is 0 Å². The molecule has 2 aromatic rings. The normalized spacial score (nSPS) is 21.8. The molecule has 172 valence electrons. The molecule has 0 aromatic heterocycles. The summed E-state index contributed by atoms with van der Waals surface area (Å²) < 4.78 is 6.41. The summed E-state index contributed by atoms with van der Waals surface area (Å²) in [6.45, 7) is 7.96. The fourth-order valence-corrected chi connectivity index (χ4v) is 4.50. The predicted molar refractivity (Wildman–Crippen MR) is 125 cm³/mol. The van der Waals surface area contributed by atoms with E-state index in [1.54, 1.807) is 5.06 Å². The minimum atomic E-state index is -1.07. The van der Waals surface area contributed by atoms with Crippen LogP contribution in [0, 0.1) is 5.92 Å². The molecule has 2 aliphatic rings. The van der Waals surface area contributed by atoms with Crippen LogP contribution >= 0.6 is 0 Å². The minimum absolute atomic E-state index is 0.329. The van der Waals surface area contributed by atoms with Crippen LogP contribution in [-0.4, -0.2) is 48.0 Å². The van der Waals surface area contributed by atoms with Crippen molar-refractivity contribution in [1.82, 2.24) is 10.0 Å². The van der Waals surface area contributed by atoms with Crippen LogP contribution in [0.1, 0.15) is 45.1 Å². The number of carbonyl (C=O) groups excluding carboxylic acids is 1. The lowest BCUT2D eigenvalue weighted by atomic mass is 10.1. The largest absolute Gasteiger partial charge is 0.380 e. The highest BCUT2D eigenvalue weighted by Gasteiger charge is 2.54. The molecule has 0 saturated carbocycles. The van der Waals surface area contributed by atoms with E-state index < -0.39 is 5.72 Å². The fraction of sp³-hybridized carbons (Fsp3) is 0.500. The number of hydroxylamine groups is 1. The third kappa shape index (κ3) is 5.14. The van der Waals surface area contributed by atoms with E-state index >= 15 is 0 Å². The molecule has 32 heavy (non-hydrogen) atoms. The van der Waals surface area contributed by atoms with Crippen LogP contribution in [0.15, 0.2) is 60.7 Å². The van der Waals surface area contributed by atoms with Gasteiger partial charge < -0.3 is 9.57 Å². The molecular weight excluding hydrogens is 402 g/mol. The van der Waals surface area contributed by atoms with Crippen molar-refractivity contribution < 1.29 is 14.4 Å². The number of benzene rings is 2. The summed E-state index contributed by atoms with van der Waals surface area (Å²) in [5.74, 6) is -0.00224. The average Bonchev–Trinajstić information content (AvgIpc) is 3.49. The van der Waals surface area contributed by atoms with Crippen LogP contribution in [0.2, 0.25) is 0 Å². The van der Waals surface area contributed by atoms with Gasteiger partial charge in [0.25, 0.3) is 0 Å². The smallest absolute Gasteiger partial charge is 0.349 e. The minimum Gasteiger partial charge on any atom is -0.349 e. The van der Waals surface area contributed by atoms with Gasteiger partial charge in [-0.25, -0.2) is 19.9 Å². The first kappa shape index (κ1) is 22.8. The quantitative estimate of drug-likeness (QED) is 0.533. The number of para-hydroxylation sites is 1. The Hall–Kier alpha value is -2.41. The van der Waals surface area contributed by atoms with E-state index in [2.05, 4.69) is 23.9 Å². The van der Waals surface area contributed by atoms with Gasteiger partial charge in [-0.1, -0.05) is 62.4 Å². The lowest BCUT2D eigenvalue weighted by molar-refractivity contribution is -0.234. The van der Waals surface area contributed by atoms with Crippen LogP contribution in [0.3, 0.4) is 0 Å². The Morgan fingerprint density at radius 2 is 1.62 bits per heavy atom. The van der Waals surface area contributed by atoms with Crippen molar-refractivity contribution in [2.75, 3.05) is 31.3 Å². The number of hydrogen-bond acceptors (Lipinski definition) is 6. The summed E-state index contributed by atoms with van der Waals surface area (Å²) in [6.07, 6.45) is 3.85. The van der Waals surface area contributed by atoms with Crippen molar-refractivity contribution >= 4 is 11.7 Å². The molecule has 2 aliphatic heterocycles. The fourth-order valence-electron chi connectivity index (χ4n) is 4.50. The van der Waals surface area contributed by atoms with Crippen molar-refractivity contribution in [3.05, 3.63) is 66.2 Å². The molecule has 0 spiro atoms. The second-order valence-electron chi connectivity index (χ2n) is 9.11. The zero-order chi connectivity index (χ0) is 22.4. The van der Waals surface area contributed by atoms with E-state index in [0.717, 1.165) is 50.1 Å². The van der Waals surface area contributed by atoms with Crippen molar-refractivity contribution in [1.29, 1.82) is 0 Å². The van der Waals surface area contributed by atoms with E-state index in [4.69, 9.17) is 9.57 Å². The predicted octanol–water partition coefficient (Wildman–Crippen LogP) is 4.63. The number of anilines is 1. The summed E-state index contributed by atoms with van der Waals surface area (Å²) in [7, 11) is 0. The summed E-state index contributed by atoms with van der Waals surface area (Å²) in [4.78, 5) is 20.0. The Morgan fingerprint density at radius 3 is 2.28 bits per heavy atom. The van der Waals surface area contributed by atoms with Gasteiger partial charge in [-0.15, -0.1) is 0 Å². The second-order valence-corrected chi connectivity index (χ2v) is 9.11. The Balaban J connectivity index is 1.60. The molecule has 1 unspecified atom stereocenters. The Morgan fingerprint density at radius 1 is 0.969 bits per heavy atom. The summed E-state index contributed by atoms with van der Waals surface area (Å²) in [5.41, 5.74) is 0.844. The SMILES string of the molecule is CC(C)COC1(C(=O)ON(Cc2ccccc2)c2ccccc2)CCCN1N1CCCC1. The molecule has 0 bridgehead atoms. The molecule has 2 saturated heterocycles. The maximum absolute atomic E-state index is 13.9. The molecule has 6 nitrogen and oxygen atoms in total. The Kier molecular flexibility index (Phi) is 7.45. The first-order chi connectivity index (χ1) is 15.6. The van der Waals surface area contributed by atoms with Gasteiger partial charge in [0.15, 0.2) is 0 Å². The lowest BCUT2D eigenvalue weighted by Crippen LogP contribution is -2.60. The molecule has 6 heteroatoms. The van der Waals surface area contributed by atoms with Gasteiger partial charge in [0, 0.05) is 26.1 Å². The van der Waals surface area contributed by atoms with Crippen LogP contribution in [0.4, 0.5) is 5.69 Å². The zero-order valence-electron chi connectivity index (χ0n) is 19.3. The average molecular weight is 438 g/mol. The molecule has 2 aromatic carbocycles. The molecule has 2 heterocycles. The van der Waals surface area contributed by atoms with E-state index in [-0.39, 0.29) is 5.97 Å². The number of rotatable bonds is 9. The van der Waals surface area contributed by atoms with Crippen LogP contribution in [-0.2, 0) is 20.9 Å². The monoisotopic (exact) mass is 437 g/mol. The first-order valence-corrected chi connectivity index (χ1v) is 11.8. The molecule has 2 fully saturated rings. The topological polar surface area (TPSA) is 45.3 Å². The summed E-state index contributed by atoms with van der Waals surface area (Å²) >= 11 is 0. The van der Waals surface area contributed by atoms with Crippen molar-refractivity contribution in [2.24, 2.45) is 5.92 Å². The maximum Gasteiger partial charge on any atom is 0.380 e. The highest BCUT2D eigenvalue weighted by atomic mass is 16.7. The molecular formula is C26H35N3O3. The van der Waals surface area contributed by atoms with E-state index in [1.165, 1.54) is 0 Å². The van der Waals surface area contributed by atoms with Gasteiger partial charge >= 0.3 is 5.97 Å². The molecule has 4 rings (SSSR count). The Bertz CT molecular complexity index is 855. The highest BCUT2D eigenvalue weighted by Crippen LogP contribution is 2.36. The maximum atomic E-state index is 13.9. The standard InChI is InChI=1S/C26H35N3O3/c1-22(2)21-31-26(16-11-19-29(26)27-17-9-10-18-27)25(30)32-28(24-14-7-4-8-15-24)20-23-12-5-3-6-13-23/h3-8,12-15,22H,9-11,16-21H2,1-2H3. The Labute approximate surface area is 191 Å². The zero-order valence-corrected chi connectivity index (χ0v) is 19.3. The number of ether oxygens (including phenoxy) is 1. The van der Waals surface area contributed by atoms with Gasteiger partial charge in [-0.3, -0.25) is 0 Å². The number of hydrazine groups is 1. The number of hydrogen-bond donors (Lipinski definition) is 0. The van der Waals surface area contributed by atoms with E-state index in [1.807, 2.05) is 60.7 Å². The molecule has 0 N–H and O–H groups in total. The van der Waals surface area contributed by atoms with Crippen molar-refractivity contribution in [3.8, 4) is 0 Å². The molecule has 0 radical (unpaired) electrons. The molecule has 0 amide bonds. The second kappa shape index (κ2) is 10.5.